The smallest absolute Gasteiger partial charge is 0.219 e. The third-order valence-corrected chi connectivity index (χ3v) is 3.11. The first-order valence-corrected chi connectivity index (χ1v) is 5.61. The highest BCUT2D eigenvalue weighted by Crippen LogP contribution is 2.26. The number of fused-ring (bicyclic) bond motifs is 1. The van der Waals surface area contributed by atoms with Crippen molar-refractivity contribution in [1.82, 2.24) is 10.3 Å². The van der Waals surface area contributed by atoms with E-state index in [1.54, 1.807) is 6.20 Å². The molecule has 0 saturated carbocycles. The molecule has 14 heavy (non-hydrogen) atoms. The van der Waals surface area contributed by atoms with E-state index in [2.05, 4.69) is 33.2 Å². The van der Waals surface area contributed by atoms with Gasteiger partial charge in [-0.1, -0.05) is 22.9 Å². The molecule has 1 atom stereocenters. The maximum absolute atomic E-state index is 5.78. The fourth-order valence-corrected chi connectivity index (χ4v) is 1.93. The second-order valence-electron chi connectivity index (χ2n) is 3.36. The summed E-state index contributed by atoms with van der Waals surface area (Å²) in [6, 6.07) is 1.94. The molecule has 0 aromatic carbocycles. The van der Waals surface area contributed by atoms with Gasteiger partial charge in [0.15, 0.2) is 0 Å². The minimum Gasteiger partial charge on any atom is -0.473 e. The van der Waals surface area contributed by atoms with Gasteiger partial charge >= 0.3 is 0 Å². The van der Waals surface area contributed by atoms with E-state index >= 15 is 0 Å². The Morgan fingerprint density at radius 3 is 3.36 bits per heavy atom. The summed E-state index contributed by atoms with van der Waals surface area (Å²) in [6.07, 6.45) is 3.00. The van der Waals surface area contributed by atoms with Crippen LogP contribution in [-0.2, 0) is 6.54 Å². The Morgan fingerprint density at radius 2 is 2.57 bits per heavy atom. The van der Waals surface area contributed by atoms with E-state index in [1.165, 1.54) is 0 Å². The summed E-state index contributed by atoms with van der Waals surface area (Å²) in [5, 5.41) is 3.35. The van der Waals surface area contributed by atoms with Crippen LogP contribution in [0.4, 0.5) is 0 Å². The maximum atomic E-state index is 5.78. The largest absolute Gasteiger partial charge is 0.473 e. The lowest BCUT2D eigenvalue weighted by molar-refractivity contribution is 0.194. The summed E-state index contributed by atoms with van der Waals surface area (Å²) < 4.78 is 6.85. The van der Waals surface area contributed by atoms with E-state index in [0.29, 0.717) is 0 Å². The van der Waals surface area contributed by atoms with Gasteiger partial charge in [-0.2, -0.15) is 0 Å². The number of nitrogens with zero attached hydrogens (tertiary/aromatic N) is 1. The Hall–Kier alpha value is -0.610. The van der Waals surface area contributed by atoms with Gasteiger partial charge in [0.2, 0.25) is 5.88 Å². The zero-order valence-corrected chi connectivity index (χ0v) is 9.67. The third-order valence-electron chi connectivity index (χ3n) is 2.37. The van der Waals surface area contributed by atoms with Crippen LogP contribution in [0, 0.1) is 0 Å². The standard InChI is InChI=1S/C10H13BrN2O/c1-2-7-5-12-6-8-9(11)3-4-13-10(8)14-7/h3-4,7,12H,2,5-6H2,1H3/t7-/m1/s1. The Labute approximate surface area is 92.0 Å². The molecular weight excluding hydrogens is 244 g/mol. The van der Waals surface area contributed by atoms with Crippen LogP contribution in [0.15, 0.2) is 16.7 Å². The van der Waals surface area contributed by atoms with Crippen LogP contribution in [0.2, 0.25) is 0 Å². The third kappa shape index (κ3) is 1.91. The van der Waals surface area contributed by atoms with Crippen molar-refractivity contribution in [3.8, 4) is 5.88 Å². The first-order chi connectivity index (χ1) is 6.81. The summed E-state index contributed by atoms with van der Waals surface area (Å²) in [5.74, 6) is 0.760. The van der Waals surface area contributed by atoms with Crippen molar-refractivity contribution >= 4 is 15.9 Å². The molecule has 1 N–H and O–H groups in total. The molecule has 2 heterocycles. The van der Waals surface area contributed by atoms with Crippen LogP contribution in [0.5, 0.6) is 5.88 Å². The average molecular weight is 257 g/mol. The Morgan fingerprint density at radius 1 is 1.71 bits per heavy atom. The lowest BCUT2D eigenvalue weighted by atomic mass is 10.3. The van der Waals surface area contributed by atoms with Crippen molar-refractivity contribution in [1.29, 1.82) is 0 Å². The topological polar surface area (TPSA) is 34.2 Å². The number of hydrogen-bond donors (Lipinski definition) is 1. The van der Waals surface area contributed by atoms with Crippen LogP contribution < -0.4 is 10.1 Å². The van der Waals surface area contributed by atoms with Crippen LogP contribution in [0.1, 0.15) is 18.9 Å². The van der Waals surface area contributed by atoms with Crippen molar-refractivity contribution in [2.45, 2.75) is 26.0 Å². The Kier molecular flexibility index (Phi) is 3.03. The molecular formula is C10H13BrN2O. The second kappa shape index (κ2) is 4.28. The molecule has 1 aliphatic heterocycles. The first kappa shape index (κ1) is 9.93. The number of hydrogen-bond acceptors (Lipinski definition) is 3. The SMILES string of the molecule is CC[C@@H]1CNCc2c(Br)ccnc2O1. The fourth-order valence-electron chi connectivity index (χ4n) is 1.50. The molecule has 0 bridgehead atoms. The highest BCUT2D eigenvalue weighted by Gasteiger charge is 2.18. The number of rotatable bonds is 1. The van der Waals surface area contributed by atoms with Crippen molar-refractivity contribution in [3.05, 3.63) is 22.3 Å². The summed E-state index contributed by atoms with van der Waals surface area (Å²) in [7, 11) is 0. The molecule has 0 spiro atoms. The zero-order chi connectivity index (χ0) is 9.97. The van der Waals surface area contributed by atoms with E-state index in [0.717, 1.165) is 35.4 Å². The molecule has 76 valence electrons. The van der Waals surface area contributed by atoms with E-state index in [1.807, 2.05) is 6.07 Å². The molecule has 0 fully saturated rings. The predicted octanol–water partition coefficient (Wildman–Crippen LogP) is 2.10. The first-order valence-electron chi connectivity index (χ1n) is 4.82. The van der Waals surface area contributed by atoms with Crippen LogP contribution >= 0.6 is 15.9 Å². The predicted molar refractivity (Wildman–Crippen MR) is 58.4 cm³/mol. The van der Waals surface area contributed by atoms with Crippen molar-refractivity contribution in [3.63, 3.8) is 0 Å². The highest BCUT2D eigenvalue weighted by atomic mass is 79.9. The molecule has 2 rings (SSSR count). The van der Waals surface area contributed by atoms with Gasteiger partial charge in [0.05, 0.1) is 0 Å². The molecule has 0 radical (unpaired) electrons. The maximum Gasteiger partial charge on any atom is 0.219 e. The lowest BCUT2D eigenvalue weighted by Gasteiger charge is -2.13. The van der Waals surface area contributed by atoms with E-state index in [4.69, 9.17) is 4.74 Å². The van der Waals surface area contributed by atoms with Gasteiger partial charge in [-0.05, 0) is 12.5 Å². The number of aromatic nitrogens is 1. The normalized spacial score (nSPS) is 20.9. The van der Waals surface area contributed by atoms with Crippen molar-refractivity contribution in [2.24, 2.45) is 0 Å². The molecule has 0 amide bonds. The fraction of sp³-hybridized carbons (Fsp3) is 0.500. The molecule has 1 aromatic rings. The molecule has 1 aliphatic rings. The van der Waals surface area contributed by atoms with E-state index < -0.39 is 0 Å². The van der Waals surface area contributed by atoms with Gasteiger partial charge in [-0.3, -0.25) is 0 Å². The second-order valence-corrected chi connectivity index (χ2v) is 4.21. The average Bonchev–Trinajstić information content (AvgIpc) is 2.40. The van der Waals surface area contributed by atoms with Crippen LogP contribution in [0.3, 0.4) is 0 Å². The number of halogens is 1. The molecule has 0 saturated heterocycles. The van der Waals surface area contributed by atoms with Crippen LogP contribution in [-0.4, -0.2) is 17.6 Å². The van der Waals surface area contributed by atoms with Crippen LogP contribution in [0.25, 0.3) is 0 Å². The van der Waals surface area contributed by atoms with Gasteiger partial charge in [0.1, 0.15) is 6.10 Å². The summed E-state index contributed by atoms with van der Waals surface area (Å²) in [4.78, 5) is 4.25. The zero-order valence-electron chi connectivity index (χ0n) is 8.09. The highest BCUT2D eigenvalue weighted by molar-refractivity contribution is 9.10. The Bertz CT molecular complexity index is 330. The Balaban J connectivity index is 2.32. The van der Waals surface area contributed by atoms with E-state index in [9.17, 15) is 0 Å². The van der Waals surface area contributed by atoms with Gasteiger partial charge in [0, 0.05) is 29.3 Å². The number of nitrogens with one attached hydrogen (secondary N) is 1. The molecule has 0 unspecified atom stereocenters. The molecule has 4 heteroatoms. The minimum atomic E-state index is 0.234. The molecule has 1 aromatic heterocycles. The quantitative estimate of drug-likeness (QED) is 0.836. The minimum absolute atomic E-state index is 0.234. The number of pyridine rings is 1. The van der Waals surface area contributed by atoms with Crippen molar-refractivity contribution < 1.29 is 4.74 Å². The summed E-state index contributed by atoms with van der Waals surface area (Å²) >= 11 is 3.50. The van der Waals surface area contributed by atoms with Gasteiger partial charge in [-0.15, -0.1) is 0 Å². The summed E-state index contributed by atoms with van der Waals surface area (Å²) in [5.41, 5.74) is 1.11. The molecule has 3 nitrogen and oxygen atoms in total. The van der Waals surface area contributed by atoms with E-state index in [-0.39, 0.29) is 6.10 Å². The lowest BCUT2D eigenvalue weighted by Crippen LogP contribution is -2.27. The monoisotopic (exact) mass is 256 g/mol. The summed E-state index contributed by atoms with van der Waals surface area (Å²) in [6.45, 7) is 3.83. The van der Waals surface area contributed by atoms with Gasteiger partial charge in [0.25, 0.3) is 0 Å². The van der Waals surface area contributed by atoms with Gasteiger partial charge in [-0.25, -0.2) is 4.98 Å². The number of ether oxygens (including phenoxy) is 1. The molecule has 0 aliphatic carbocycles. The van der Waals surface area contributed by atoms with Crippen molar-refractivity contribution in [2.75, 3.05) is 6.54 Å². The van der Waals surface area contributed by atoms with Gasteiger partial charge < -0.3 is 10.1 Å².